The maximum absolute atomic E-state index is 15.2. The number of anilines is 2. The smallest absolute Gasteiger partial charge is 0.398 e. The average molecular weight is 439 g/mol. The zero-order valence-electron chi connectivity index (χ0n) is 16.5. The minimum atomic E-state index is -4.54. The van der Waals surface area contributed by atoms with Crippen LogP contribution in [0.25, 0.3) is 0 Å². The summed E-state index contributed by atoms with van der Waals surface area (Å²) >= 11 is 0. The first-order chi connectivity index (χ1) is 14.7. The van der Waals surface area contributed by atoms with Crippen molar-refractivity contribution in [3.63, 3.8) is 0 Å². The molecule has 0 saturated carbocycles. The number of nitrogens with zero attached hydrogens (tertiary/aromatic N) is 1. The van der Waals surface area contributed by atoms with E-state index in [0.717, 1.165) is 23.2 Å². The lowest BCUT2D eigenvalue weighted by molar-refractivity contribution is -0.150. The fourth-order valence-electron chi connectivity index (χ4n) is 4.28. The van der Waals surface area contributed by atoms with Crippen molar-refractivity contribution >= 4 is 17.6 Å². The summed E-state index contributed by atoms with van der Waals surface area (Å²) in [6.45, 7) is -0.0650. The maximum Gasteiger partial charge on any atom is 0.401 e. The summed E-state index contributed by atoms with van der Waals surface area (Å²) in [5.74, 6) is -1.85. The summed E-state index contributed by atoms with van der Waals surface area (Å²) in [6, 6.07) is 3.94. The molecule has 2 aromatic carbocycles. The summed E-state index contributed by atoms with van der Waals surface area (Å²) in [6.07, 6.45) is -3.33. The van der Waals surface area contributed by atoms with Crippen molar-refractivity contribution in [2.75, 3.05) is 37.2 Å². The van der Waals surface area contributed by atoms with Crippen molar-refractivity contribution in [2.45, 2.75) is 24.7 Å². The Morgan fingerprint density at radius 3 is 2.42 bits per heavy atom. The summed E-state index contributed by atoms with van der Waals surface area (Å²) in [4.78, 5) is 1.02. The molecule has 0 radical (unpaired) electrons. The van der Waals surface area contributed by atoms with Crippen LogP contribution in [0.15, 0.2) is 24.3 Å². The van der Waals surface area contributed by atoms with Crippen molar-refractivity contribution in [3.05, 3.63) is 58.2 Å². The third-order valence-electron chi connectivity index (χ3n) is 5.77. The molecule has 5 nitrogen and oxygen atoms in total. The van der Waals surface area contributed by atoms with Crippen LogP contribution in [0.3, 0.4) is 0 Å². The zero-order valence-corrected chi connectivity index (χ0v) is 16.5. The SMILES string of the molecule is N=Cc1c(N)ccc2c1CCN(CC(F)(F)F)C2c1c(F)cc(NC2CNC2)cc1F. The van der Waals surface area contributed by atoms with Crippen molar-refractivity contribution < 1.29 is 22.0 Å². The van der Waals surface area contributed by atoms with Gasteiger partial charge in [0.2, 0.25) is 0 Å². The quantitative estimate of drug-likeness (QED) is 0.327. The molecule has 1 atom stereocenters. The number of hydrogen-bond donors (Lipinski definition) is 4. The van der Waals surface area contributed by atoms with Gasteiger partial charge in [-0.25, -0.2) is 8.78 Å². The van der Waals surface area contributed by atoms with E-state index in [9.17, 15) is 13.2 Å². The highest BCUT2D eigenvalue weighted by atomic mass is 19.4. The van der Waals surface area contributed by atoms with Gasteiger partial charge in [0.1, 0.15) is 11.6 Å². The molecule has 5 N–H and O–H groups in total. The van der Waals surface area contributed by atoms with Gasteiger partial charge in [0, 0.05) is 48.4 Å². The molecule has 0 aliphatic carbocycles. The highest BCUT2D eigenvalue weighted by Gasteiger charge is 2.40. The lowest BCUT2D eigenvalue weighted by atomic mass is 9.84. The van der Waals surface area contributed by atoms with Gasteiger partial charge >= 0.3 is 6.18 Å². The Kier molecular flexibility index (Phi) is 5.61. The second-order valence-electron chi connectivity index (χ2n) is 7.87. The molecular formula is C21H22F5N5. The van der Waals surface area contributed by atoms with Crippen LogP contribution in [0.5, 0.6) is 0 Å². The standard InChI is InChI=1S/C21H22F5N5/c22-16-5-11(30-12-8-29-9-12)6-17(23)19(16)20-14-1-2-18(28)15(7-27)13(14)3-4-31(20)10-21(24,25)26/h1-2,5-7,12,20,27,29-30H,3-4,8-10,28H2. The number of benzene rings is 2. The first-order valence-electron chi connectivity index (χ1n) is 9.86. The molecule has 0 aromatic heterocycles. The Labute approximate surface area is 175 Å². The van der Waals surface area contributed by atoms with Crippen LogP contribution in [-0.2, 0) is 6.42 Å². The molecule has 4 rings (SSSR count). The molecule has 2 aromatic rings. The molecule has 0 amide bonds. The van der Waals surface area contributed by atoms with Crippen molar-refractivity contribution in [3.8, 4) is 0 Å². The molecule has 2 aliphatic rings. The normalized spacial score (nSPS) is 19.6. The highest BCUT2D eigenvalue weighted by Crippen LogP contribution is 2.41. The van der Waals surface area contributed by atoms with E-state index < -0.39 is 36.0 Å². The van der Waals surface area contributed by atoms with E-state index in [1.54, 1.807) is 0 Å². The van der Waals surface area contributed by atoms with E-state index in [1.165, 1.54) is 12.1 Å². The number of rotatable bonds is 5. The molecule has 31 heavy (non-hydrogen) atoms. The second-order valence-corrected chi connectivity index (χ2v) is 7.87. The van der Waals surface area contributed by atoms with Gasteiger partial charge in [-0.2, -0.15) is 13.2 Å². The first-order valence-corrected chi connectivity index (χ1v) is 9.86. The maximum atomic E-state index is 15.2. The van der Waals surface area contributed by atoms with Gasteiger partial charge in [0.25, 0.3) is 0 Å². The van der Waals surface area contributed by atoms with E-state index >= 15 is 8.78 Å². The molecule has 0 spiro atoms. The average Bonchev–Trinajstić information content (AvgIpc) is 2.64. The molecular weight excluding hydrogens is 417 g/mol. The Hall–Kier alpha value is -2.72. The zero-order chi connectivity index (χ0) is 22.3. The molecule has 2 heterocycles. The monoisotopic (exact) mass is 439 g/mol. The van der Waals surface area contributed by atoms with E-state index in [4.69, 9.17) is 11.1 Å². The van der Waals surface area contributed by atoms with Crippen molar-refractivity contribution in [2.24, 2.45) is 0 Å². The lowest BCUT2D eigenvalue weighted by Crippen LogP contribution is -2.51. The van der Waals surface area contributed by atoms with Crippen molar-refractivity contribution in [1.82, 2.24) is 10.2 Å². The van der Waals surface area contributed by atoms with Crippen LogP contribution in [0.2, 0.25) is 0 Å². The van der Waals surface area contributed by atoms with E-state index in [0.29, 0.717) is 35.5 Å². The number of alkyl halides is 3. The molecule has 2 aliphatic heterocycles. The van der Waals surface area contributed by atoms with Gasteiger partial charge in [-0.1, -0.05) is 6.07 Å². The second kappa shape index (κ2) is 8.08. The molecule has 1 fully saturated rings. The van der Waals surface area contributed by atoms with Crippen LogP contribution in [0.4, 0.5) is 33.3 Å². The Bertz CT molecular complexity index is 979. The van der Waals surface area contributed by atoms with Crippen LogP contribution >= 0.6 is 0 Å². The van der Waals surface area contributed by atoms with Crippen LogP contribution in [0.1, 0.15) is 28.3 Å². The predicted octanol–water partition coefficient (Wildman–Crippen LogP) is 3.44. The summed E-state index contributed by atoms with van der Waals surface area (Å²) in [5.41, 5.74) is 7.24. The largest absolute Gasteiger partial charge is 0.401 e. The number of hydrogen-bond acceptors (Lipinski definition) is 5. The van der Waals surface area contributed by atoms with E-state index in [-0.39, 0.29) is 24.7 Å². The molecule has 1 unspecified atom stereocenters. The molecule has 0 bridgehead atoms. The lowest BCUT2D eigenvalue weighted by Gasteiger charge is -2.39. The number of nitrogen functional groups attached to an aromatic ring is 1. The number of nitrogens with one attached hydrogen (secondary N) is 3. The number of halogens is 5. The number of fused-ring (bicyclic) bond motifs is 1. The molecule has 1 saturated heterocycles. The summed E-state index contributed by atoms with van der Waals surface area (Å²) < 4.78 is 70.1. The minimum Gasteiger partial charge on any atom is -0.398 e. The highest BCUT2D eigenvalue weighted by molar-refractivity contribution is 5.88. The molecule has 166 valence electrons. The Morgan fingerprint density at radius 1 is 1.19 bits per heavy atom. The van der Waals surface area contributed by atoms with Crippen molar-refractivity contribution in [1.29, 1.82) is 5.41 Å². The van der Waals surface area contributed by atoms with E-state index in [2.05, 4.69) is 10.6 Å². The minimum absolute atomic E-state index is 0.0416. The van der Waals surface area contributed by atoms with E-state index in [1.807, 2.05) is 0 Å². The van der Waals surface area contributed by atoms with Gasteiger partial charge in [-0.05, 0) is 35.7 Å². The first kappa shape index (κ1) is 21.5. The van der Waals surface area contributed by atoms with Gasteiger partial charge in [-0.3, -0.25) is 4.90 Å². The van der Waals surface area contributed by atoms with Crippen LogP contribution < -0.4 is 16.4 Å². The fourth-order valence-corrected chi connectivity index (χ4v) is 4.28. The van der Waals surface area contributed by atoms with Gasteiger partial charge in [-0.15, -0.1) is 0 Å². The Morgan fingerprint density at radius 2 is 1.87 bits per heavy atom. The summed E-state index contributed by atoms with van der Waals surface area (Å²) in [5, 5.41) is 13.7. The third kappa shape index (κ3) is 4.22. The fraction of sp³-hybridized carbons (Fsp3) is 0.381. The van der Waals surface area contributed by atoms with Crippen LogP contribution in [0, 0.1) is 17.0 Å². The van der Waals surface area contributed by atoms with Gasteiger partial charge in [0.05, 0.1) is 18.6 Å². The number of nitrogens with two attached hydrogens (primary N) is 1. The van der Waals surface area contributed by atoms with Gasteiger partial charge < -0.3 is 21.8 Å². The topological polar surface area (TPSA) is 77.2 Å². The van der Waals surface area contributed by atoms with Crippen LogP contribution in [-0.4, -0.2) is 49.5 Å². The van der Waals surface area contributed by atoms with Gasteiger partial charge in [0.15, 0.2) is 0 Å². The Balaban J connectivity index is 1.82. The summed E-state index contributed by atoms with van der Waals surface area (Å²) in [7, 11) is 0. The molecule has 10 heteroatoms. The predicted molar refractivity (Wildman–Crippen MR) is 109 cm³/mol. The third-order valence-corrected chi connectivity index (χ3v) is 5.77.